The van der Waals surface area contributed by atoms with Crippen LogP contribution in [-0.4, -0.2) is 15.8 Å². The van der Waals surface area contributed by atoms with Gasteiger partial charge in [-0.2, -0.15) is 0 Å². The van der Waals surface area contributed by atoms with Gasteiger partial charge in [0.05, 0.1) is 10.4 Å². The number of nitro groups is 1. The van der Waals surface area contributed by atoms with E-state index in [1.54, 1.807) is 37.3 Å². The van der Waals surface area contributed by atoms with Gasteiger partial charge >= 0.3 is 11.6 Å². The lowest BCUT2D eigenvalue weighted by molar-refractivity contribution is -0.386. The number of benzene rings is 1. The number of aromatic nitrogens is 1. The van der Waals surface area contributed by atoms with Crippen molar-refractivity contribution in [1.82, 2.24) is 4.98 Å². The van der Waals surface area contributed by atoms with E-state index in [4.69, 9.17) is 10.5 Å². The van der Waals surface area contributed by atoms with Gasteiger partial charge in [-0.3, -0.25) is 14.9 Å². The summed E-state index contributed by atoms with van der Waals surface area (Å²) in [5.41, 5.74) is 6.06. The van der Waals surface area contributed by atoms with Crippen LogP contribution in [-0.2, 0) is 4.79 Å². The minimum absolute atomic E-state index is 0.122. The fourth-order valence-corrected chi connectivity index (χ4v) is 3.05. The minimum Gasteiger partial charge on any atom is -0.433 e. The van der Waals surface area contributed by atoms with Gasteiger partial charge in [-0.1, -0.05) is 56.9 Å². The first kappa shape index (κ1) is 22.1. The van der Waals surface area contributed by atoms with E-state index in [-0.39, 0.29) is 17.3 Å². The SMILES string of the molecule is CCCCCCC/C=C/C(=C\C(N)=O)Oc1nc2ccccc2c(C)c1[N+](=O)[O-]. The highest BCUT2D eigenvalue weighted by Crippen LogP contribution is 2.35. The van der Waals surface area contributed by atoms with Crippen molar-refractivity contribution >= 4 is 22.5 Å². The molecule has 1 amide bonds. The normalized spacial score (nSPS) is 11.9. The number of unbranched alkanes of at least 4 members (excludes halogenated alkanes) is 5. The average molecular weight is 397 g/mol. The molecule has 0 atom stereocenters. The van der Waals surface area contributed by atoms with Crippen LogP contribution in [0, 0.1) is 17.0 Å². The number of fused-ring (bicyclic) bond motifs is 1. The standard InChI is InChI=1S/C22H27N3O4/c1-3-4-5-6-7-8-9-12-17(15-20(23)26)29-22-21(25(27)28)16(2)18-13-10-11-14-19(18)24-22/h9-15H,3-8H2,1-2H3,(H2,23,26)/b12-9+,17-15+. The number of hydrogen-bond acceptors (Lipinski definition) is 5. The van der Waals surface area contributed by atoms with E-state index in [0.717, 1.165) is 25.3 Å². The van der Waals surface area contributed by atoms with Crippen molar-refractivity contribution in [2.45, 2.75) is 52.4 Å². The van der Waals surface area contributed by atoms with Crippen LogP contribution < -0.4 is 10.5 Å². The van der Waals surface area contributed by atoms with Crippen LogP contribution >= 0.6 is 0 Å². The summed E-state index contributed by atoms with van der Waals surface area (Å²) in [6.45, 7) is 3.82. The Morgan fingerprint density at radius 2 is 1.97 bits per heavy atom. The number of aryl methyl sites for hydroxylation is 1. The van der Waals surface area contributed by atoms with Crippen molar-refractivity contribution in [2.24, 2.45) is 5.73 Å². The Bertz CT molecular complexity index is 935. The minimum atomic E-state index is -0.701. The number of nitrogens with two attached hydrogens (primary N) is 1. The van der Waals surface area contributed by atoms with Gasteiger partial charge in [0, 0.05) is 17.0 Å². The van der Waals surface area contributed by atoms with E-state index in [9.17, 15) is 14.9 Å². The molecule has 0 aliphatic heterocycles. The smallest absolute Gasteiger partial charge is 0.334 e. The highest BCUT2D eigenvalue weighted by atomic mass is 16.6. The number of carbonyl (C=O) groups excluding carboxylic acids is 1. The molecule has 7 nitrogen and oxygen atoms in total. The van der Waals surface area contributed by atoms with E-state index >= 15 is 0 Å². The molecule has 1 aromatic carbocycles. The van der Waals surface area contributed by atoms with Crippen LogP contribution in [0.2, 0.25) is 0 Å². The molecule has 2 rings (SSSR count). The third-order valence-corrected chi connectivity index (χ3v) is 4.53. The van der Waals surface area contributed by atoms with Crippen molar-refractivity contribution in [2.75, 3.05) is 0 Å². The molecule has 1 heterocycles. The molecule has 154 valence electrons. The first-order valence-electron chi connectivity index (χ1n) is 9.83. The molecule has 0 bridgehead atoms. The second kappa shape index (κ2) is 10.9. The van der Waals surface area contributed by atoms with E-state index in [1.165, 1.54) is 19.3 Å². The molecule has 0 aliphatic carbocycles. The number of amides is 1. The zero-order valence-electron chi connectivity index (χ0n) is 16.9. The van der Waals surface area contributed by atoms with E-state index in [2.05, 4.69) is 11.9 Å². The lowest BCUT2D eigenvalue weighted by Gasteiger charge is -2.10. The molecule has 7 heteroatoms. The lowest BCUT2D eigenvalue weighted by Crippen LogP contribution is -2.10. The number of primary amides is 1. The molecule has 0 radical (unpaired) electrons. The number of para-hydroxylation sites is 1. The van der Waals surface area contributed by atoms with Crippen LogP contribution in [0.4, 0.5) is 5.69 Å². The maximum atomic E-state index is 11.6. The summed E-state index contributed by atoms with van der Waals surface area (Å²) < 4.78 is 5.67. The molecule has 29 heavy (non-hydrogen) atoms. The molecule has 0 saturated carbocycles. The summed E-state index contributed by atoms with van der Waals surface area (Å²) >= 11 is 0. The molecule has 2 aromatic rings. The van der Waals surface area contributed by atoms with Gasteiger partial charge in [0.25, 0.3) is 0 Å². The maximum absolute atomic E-state index is 11.6. The third-order valence-electron chi connectivity index (χ3n) is 4.53. The Morgan fingerprint density at radius 1 is 1.24 bits per heavy atom. The van der Waals surface area contributed by atoms with Crippen LogP contribution in [0.25, 0.3) is 10.9 Å². The Balaban J connectivity index is 2.26. The summed E-state index contributed by atoms with van der Waals surface area (Å²) in [7, 11) is 0. The zero-order chi connectivity index (χ0) is 21.2. The Kier molecular flexibility index (Phi) is 8.33. The van der Waals surface area contributed by atoms with Gasteiger partial charge in [-0.05, 0) is 31.9 Å². The molecule has 1 aromatic heterocycles. The summed E-state index contributed by atoms with van der Waals surface area (Å²) in [6.07, 6.45) is 11.2. The first-order chi connectivity index (χ1) is 13.9. The number of pyridine rings is 1. The largest absolute Gasteiger partial charge is 0.433 e. The van der Waals surface area contributed by atoms with Gasteiger partial charge in [0.15, 0.2) is 0 Å². The Labute approximate surface area is 170 Å². The van der Waals surface area contributed by atoms with Crippen molar-refractivity contribution < 1.29 is 14.5 Å². The molecule has 0 fully saturated rings. The molecule has 0 aliphatic rings. The first-order valence-corrected chi connectivity index (χ1v) is 9.83. The highest BCUT2D eigenvalue weighted by molar-refractivity contribution is 5.88. The predicted octanol–water partition coefficient (Wildman–Crippen LogP) is 5.12. The second-order valence-corrected chi connectivity index (χ2v) is 6.82. The van der Waals surface area contributed by atoms with Crippen LogP contribution in [0.1, 0.15) is 51.0 Å². The van der Waals surface area contributed by atoms with Gasteiger partial charge in [0.1, 0.15) is 5.76 Å². The Morgan fingerprint density at radius 3 is 2.66 bits per heavy atom. The number of ether oxygens (including phenoxy) is 1. The summed E-state index contributed by atoms with van der Waals surface area (Å²) in [4.78, 5) is 26.8. The lowest BCUT2D eigenvalue weighted by atomic mass is 10.1. The average Bonchev–Trinajstić information content (AvgIpc) is 2.66. The van der Waals surface area contributed by atoms with Gasteiger partial charge in [0.2, 0.25) is 5.91 Å². The van der Waals surface area contributed by atoms with Crippen LogP contribution in [0.3, 0.4) is 0 Å². The molecule has 0 saturated heterocycles. The van der Waals surface area contributed by atoms with Crippen LogP contribution in [0.5, 0.6) is 5.88 Å². The molecular formula is C22H27N3O4. The number of hydrogen-bond donors (Lipinski definition) is 1. The van der Waals surface area contributed by atoms with Crippen molar-refractivity contribution in [1.29, 1.82) is 0 Å². The topological polar surface area (TPSA) is 108 Å². The third kappa shape index (κ3) is 6.41. The van der Waals surface area contributed by atoms with Crippen LogP contribution in [0.15, 0.2) is 48.3 Å². The highest BCUT2D eigenvalue weighted by Gasteiger charge is 2.24. The summed E-state index contributed by atoms with van der Waals surface area (Å²) in [5, 5.41) is 12.3. The predicted molar refractivity (Wildman–Crippen MR) is 114 cm³/mol. The maximum Gasteiger partial charge on any atom is 0.334 e. The molecular weight excluding hydrogens is 370 g/mol. The monoisotopic (exact) mass is 397 g/mol. The van der Waals surface area contributed by atoms with Crippen molar-refractivity contribution in [3.63, 3.8) is 0 Å². The number of rotatable bonds is 11. The summed E-state index contributed by atoms with van der Waals surface area (Å²) in [5.74, 6) is -0.740. The zero-order valence-corrected chi connectivity index (χ0v) is 16.9. The molecule has 2 N–H and O–H groups in total. The second-order valence-electron chi connectivity index (χ2n) is 6.82. The van der Waals surface area contributed by atoms with Gasteiger partial charge in [-0.15, -0.1) is 0 Å². The van der Waals surface area contributed by atoms with E-state index < -0.39 is 10.8 Å². The number of carbonyl (C=O) groups is 1. The fourth-order valence-electron chi connectivity index (χ4n) is 3.05. The van der Waals surface area contributed by atoms with E-state index in [1.807, 2.05) is 6.08 Å². The van der Waals surface area contributed by atoms with Crippen molar-refractivity contribution in [3.05, 3.63) is 63.9 Å². The van der Waals surface area contributed by atoms with Gasteiger partial charge < -0.3 is 10.5 Å². The Hall–Kier alpha value is -3.22. The quantitative estimate of drug-likeness (QED) is 0.141. The molecule has 0 unspecified atom stereocenters. The molecule has 0 spiro atoms. The number of allylic oxidation sites excluding steroid dienone is 2. The fraction of sp³-hybridized carbons (Fsp3) is 0.364. The van der Waals surface area contributed by atoms with E-state index in [0.29, 0.717) is 16.5 Å². The number of nitrogens with zero attached hydrogens (tertiary/aromatic N) is 2. The summed E-state index contributed by atoms with van der Waals surface area (Å²) in [6, 6.07) is 7.11. The van der Waals surface area contributed by atoms with Gasteiger partial charge in [-0.25, -0.2) is 4.98 Å². The van der Waals surface area contributed by atoms with Crippen molar-refractivity contribution in [3.8, 4) is 5.88 Å².